The molecule has 0 N–H and O–H groups in total. The van der Waals surface area contributed by atoms with E-state index in [1.807, 2.05) is 4.90 Å². The molecule has 0 atom stereocenters. The number of hydrogen-bond acceptors (Lipinski definition) is 6. The first-order chi connectivity index (χ1) is 15.1. The lowest BCUT2D eigenvalue weighted by Gasteiger charge is -2.25. The fraction of sp³-hybridized carbons (Fsp3) is 0.450. The van der Waals surface area contributed by atoms with Crippen LogP contribution in [0.25, 0.3) is 10.3 Å². The van der Waals surface area contributed by atoms with Crippen molar-refractivity contribution in [2.45, 2.75) is 32.9 Å². The molecule has 1 aromatic carbocycles. The fourth-order valence-electron chi connectivity index (χ4n) is 3.36. The normalized spacial score (nSPS) is 16.6. The Morgan fingerprint density at radius 1 is 1.27 bits per heavy atom. The summed E-state index contributed by atoms with van der Waals surface area (Å²) in [5, 5.41) is 0.528. The summed E-state index contributed by atoms with van der Waals surface area (Å²) < 4.78 is 64.8. The van der Waals surface area contributed by atoms with Gasteiger partial charge in [0.1, 0.15) is 10.5 Å². The molecular formula is C20H21F3N4O2S. The van der Waals surface area contributed by atoms with Crippen molar-refractivity contribution in [3.8, 4) is 0 Å². The average Bonchev–Trinajstić information content (AvgIpc) is 3.18. The van der Waals surface area contributed by atoms with Crippen LogP contribution in [-0.4, -0.2) is 40.8 Å². The van der Waals surface area contributed by atoms with E-state index in [0.29, 0.717) is 31.4 Å². The second-order valence-electron chi connectivity index (χ2n) is 6.86. The van der Waals surface area contributed by atoms with Crippen molar-refractivity contribution in [2.75, 3.05) is 31.2 Å². The molecule has 3 aromatic rings. The van der Waals surface area contributed by atoms with E-state index in [1.54, 1.807) is 6.92 Å². The van der Waals surface area contributed by atoms with Gasteiger partial charge in [-0.15, -0.1) is 0 Å². The van der Waals surface area contributed by atoms with Crippen LogP contribution < -0.4 is 10.5 Å². The van der Waals surface area contributed by atoms with Gasteiger partial charge in [0.05, 0.1) is 28.0 Å². The number of ether oxygens (including phenoxy) is 1. The van der Waals surface area contributed by atoms with E-state index in [4.69, 9.17) is 7.48 Å². The molecule has 3 heterocycles. The summed E-state index contributed by atoms with van der Waals surface area (Å²) in [6, 6.07) is 3.43. The molecule has 1 aliphatic rings. The molecule has 2 aromatic heterocycles. The fourth-order valence-corrected chi connectivity index (χ4v) is 4.35. The summed E-state index contributed by atoms with van der Waals surface area (Å²) in [5.74, 6) is 0.114. The third kappa shape index (κ3) is 3.81. The van der Waals surface area contributed by atoms with Crippen LogP contribution in [0.15, 0.2) is 23.0 Å². The quantitative estimate of drug-likeness (QED) is 0.620. The standard InChI is InChI=1S/C20H21F3N4O2S/c1-3-15-24-18(28)16-17(25-19(30-16)26-7-9-29-10-8-26)27(15)11-13-5-4-6-14(12(13)2)20(21,22)23/h4-6H,3,7-11H2,1-2H3/i11D2. The van der Waals surface area contributed by atoms with Crippen molar-refractivity contribution < 1.29 is 20.6 Å². The van der Waals surface area contributed by atoms with Crippen molar-refractivity contribution in [3.63, 3.8) is 0 Å². The Hall–Kier alpha value is -2.46. The number of rotatable bonds is 4. The maximum Gasteiger partial charge on any atom is 0.416 e. The van der Waals surface area contributed by atoms with Gasteiger partial charge < -0.3 is 14.2 Å². The zero-order chi connectivity index (χ0) is 23.3. The summed E-state index contributed by atoms with van der Waals surface area (Å²) in [4.78, 5) is 23.2. The van der Waals surface area contributed by atoms with E-state index in [-0.39, 0.29) is 33.7 Å². The maximum absolute atomic E-state index is 13.5. The Morgan fingerprint density at radius 2 is 2.00 bits per heavy atom. The lowest BCUT2D eigenvalue weighted by atomic mass is 10.0. The molecule has 0 amide bonds. The first kappa shape index (κ1) is 18.3. The highest BCUT2D eigenvalue weighted by Gasteiger charge is 2.33. The van der Waals surface area contributed by atoms with Gasteiger partial charge in [-0.25, -0.2) is 4.98 Å². The molecule has 6 nitrogen and oxygen atoms in total. The second kappa shape index (κ2) is 7.99. The zero-order valence-electron chi connectivity index (χ0n) is 18.4. The number of anilines is 1. The van der Waals surface area contributed by atoms with Gasteiger partial charge in [0, 0.05) is 19.5 Å². The van der Waals surface area contributed by atoms with Crippen molar-refractivity contribution in [1.82, 2.24) is 14.5 Å². The first-order valence-electron chi connectivity index (χ1n) is 10.5. The van der Waals surface area contributed by atoms with Crippen LogP contribution >= 0.6 is 11.3 Å². The highest BCUT2D eigenvalue weighted by molar-refractivity contribution is 7.22. The number of alkyl halides is 3. The number of fused-ring (bicyclic) bond motifs is 1. The molecule has 0 spiro atoms. The molecule has 4 rings (SSSR count). The Labute approximate surface area is 177 Å². The maximum atomic E-state index is 13.5. The van der Waals surface area contributed by atoms with E-state index < -0.39 is 23.8 Å². The monoisotopic (exact) mass is 440 g/mol. The van der Waals surface area contributed by atoms with Gasteiger partial charge in [-0.3, -0.25) is 4.79 Å². The molecule has 10 heteroatoms. The van der Waals surface area contributed by atoms with Gasteiger partial charge in [-0.2, -0.15) is 18.2 Å². The minimum atomic E-state index is -4.62. The predicted molar refractivity (Wildman–Crippen MR) is 109 cm³/mol. The molecule has 1 fully saturated rings. The topological polar surface area (TPSA) is 60.2 Å². The Kier molecular flexibility index (Phi) is 4.88. The summed E-state index contributed by atoms with van der Waals surface area (Å²) in [6.45, 7) is 2.67. The molecule has 30 heavy (non-hydrogen) atoms. The zero-order valence-corrected chi connectivity index (χ0v) is 17.2. The Balaban J connectivity index is 1.96. The van der Waals surface area contributed by atoms with Crippen LogP contribution in [0.4, 0.5) is 18.3 Å². The minimum Gasteiger partial charge on any atom is -0.378 e. The van der Waals surface area contributed by atoms with E-state index in [0.717, 1.165) is 22.0 Å². The van der Waals surface area contributed by atoms with E-state index in [1.165, 1.54) is 19.1 Å². The summed E-state index contributed by atoms with van der Waals surface area (Å²) in [6.07, 6.45) is -4.42. The lowest BCUT2D eigenvalue weighted by Crippen LogP contribution is -2.36. The van der Waals surface area contributed by atoms with Crippen molar-refractivity contribution in [2.24, 2.45) is 0 Å². The molecule has 0 aliphatic carbocycles. The Morgan fingerprint density at radius 3 is 2.67 bits per heavy atom. The van der Waals surface area contributed by atoms with Gasteiger partial charge in [-0.05, 0) is 24.1 Å². The third-order valence-electron chi connectivity index (χ3n) is 4.96. The molecule has 160 valence electrons. The van der Waals surface area contributed by atoms with Gasteiger partial charge in [0.25, 0.3) is 5.56 Å². The van der Waals surface area contributed by atoms with Crippen LogP contribution in [-0.2, 0) is 23.8 Å². The Bertz CT molecular complexity index is 1220. The number of nitrogens with zero attached hydrogens (tertiary/aromatic N) is 4. The van der Waals surface area contributed by atoms with Crippen molar-refractivity contribution >= 4 is 26.8 Å². The van der Waals surface area contributed by atoms with Gasteiger partial charge >= 0.3 is 6.18 Å². The van der Waals surface area contributed by atoms with E-state index in [2.05, 4.69) is 9.97 Å². The molecule has 0 unspecified atom stereocenters. The number of morpholine rings is 1. The number of hydrogen-bond donors (Lipinski definition) is 0. The molecule has 0 saturated carbocycles. The van der Waals surface area contributed by atoms with E-state index in [9.17, 15) is 18.0 Å². The molecule has 1 aliphatic heterocycles. The van der Waals surface area contributed by atoms with Crippen molar-refractivity contribution in [1.29, 1.82) is 0 Å². The highest BCUT2D eigenvalue weighted by Crippen LogP contribution is 2.34. The number of aromatic nitrogens is 3. The lowest BCUT2D eigenvalue weighted by molar-refractivity contribution is -0.138. The van der Waals surface area contributed by atoms with Crippen molar-refractivity contribution in [3.05, 3.63) is 51.1 Å². The van der Waals surface area contributed by atoms with Crippen LogP contribution in [0.3, 0.4) is 0 Å². The van der Waals surface area contributed by atoms with Gasteiger partial charge in [0.15, 0.2) is 10.8 Å². The third-order valence-corrected chi connectivity index (χ3v) is 6.06. The molecule has 0 bridgehead atoms. The highest BCUT2D eigenvalue weighted by atomic mass is 32.1. The molecule has 1 saturated heterocycles. The predicted octanol–water partition coefficient (Wildman–Crippen LogP) is 3.63. The van der Waals surface area contributed by atoms with Gasteiger partial charge in [0.2, 0.25) is 0 Å². The molecule has 0 radical (unpaired) electrons. The van der Waals surface area contributed by atoms with Gasteiger partial charge in [-0.1, -0.05) is 30.4 Å². The SMILES string of the molecule is [2H]C([2H])(c1cccc(C(F)(F)F)c1C)n1c(CC)nc(=O)c2sc(N3CCOCC3)nc21. The number of halogens is 3. The average molecular weight is 440 g/mol. The first-order valence-corrected chi connectivity index (χ1v) is 10.3. The van der Waals surface area contributed by atoms with Crippen LogP contribution in [0.1, 0.15) is 32.2 Å². The number of benzene rings is 1. The summed E-state index contributed by atoms with van der Waals surface area (Å²) in [5.41, 5.74) is -1.73. The smallest absolute Gasteiger partial charge is 0.378 e. The molecular weight excluding hydrogens is 417 g/mol. The summed E-state index contributed by atoms with van der Waals surface area (Å²) in [7, 11) is 0. The number of aryl methyl sites for hydroxylation is 1. The minimum absolute atomic E-state index is 0.0788. The van der Waals surface area contributed by atoms with Crippen LogP contribution in [0.2, 0.25) is 0 Å². The van der Waals surface area contributed by atoms with Crippen LogP contribution in [0, 0.1) is 6.92 Å². The second-order valence-corrected chi connectivity index (χ2v) is 7.84. The largest absolute Gasteiger partial charge is 0.416 e. The van der Waals surface area contributed by atoms with E-state index >= 15 is 0 Å². The summed E-state index contributed by atoms with van der Waals surface area (Å²) >= 11 is 1.10. The van der Waals surface area contributed by atoms with Crippen LogP contribution in [0.5, 0.6) is 0 Å². The number of thiazole rings is 1.